The molecule has 15 rings (SSSR count). The zero-order chi connectivity index (χ0) is 36.8. The second-order valence-electron chi connectivity index (χ2n) is 15.7. The molecule has 0 aliphatic carbocycles. The lowest BCUT2D eigenvalue weighted by molar-refractivity contribution is 1.49. The van der Waals surface area contributed by atoms with Crippen molar-refractivity contribution in [3.05, 3.63) is 139 Å². The third kappa shape index (κ3) is 3.54. The summed E-state index contributed by atoms with van der Waals surface area (Å²) in [6.07, 6.45) is 0. The van der Waals surface area contributed by atoms with Gasteiger partial charge in [-0.05, 0) is 81.6 Å². The molecule has 0 bridgehead atoms. The fraction of sp³-hybridized carbons (Fsp3) is 0. The van der Waals surface area contributed by atoms with E-state index in [0.29, 0.717) is 5.56 Å². The van der Waals surface area contributed by atoms with Crippen LogP contribution in [0.4, 0.5) is 0 Å². The summed E-state index contributed by atoms with van der Waals surface area (Å²) < 4.78 is 10.7. The maximum atomic E-state index is 10.8. The molecule has 0 saturated heterocycles. The van der Waals surface area contributed by atoms with Crippen molar-refractivity contribution in [1.29, 1.82) is 5.26 Å². The molecule has 0 saturated carbocycles. The Labute approximate surface area is 340 Å². The van der Waals surface area contributed by atoms with Crippen molar-refractivity contribution >= 4 is 171 Å². The van der Waals surface area contributed by atoms with Gasteiger partial charge in [0, 0.05) is 91.5 Å². The smallest absolute Gasteiger partial charge is 0.192 e. The van der Waals surface area contributed by atoms with E-state index in [1.807, 2.05) is 45.3 Å². The minimum atomic E-state index is -0.00229. The number of hydrogen-bond acceptors (Lipinski definition) is 5. The fourth-order valence-electron chi connectivity index (χ4n) is 10.8. The van der Waals surface area contributed by atoms with E-state index in [1.165, 1.54) is 141 Å². The lowest BCUT2D eigenvalue weighted by Crippen LogP contribution is -2.57. The van der Waals surface area contributed by atoms with E-state index in [1.54, 1.807) is 0 Å². The highest BCUT2D eigenvalue weighted by Crippen LogP contribution is 2.52. The summed E-state index contributed by atoms with van der Waals surface area (Å²) in [6.45, 7) is -0.00229. The second kappa shape index (κ2) is 10.3. The Kier molecular flexibility index (Phi) is 5.42. The zero-order valence-corrected chi connectivity index (χ0v) is 33.1. The predicted molar refractivity (Wildman–Crippen MR) is 253 cm³/mol. The van der Waals surface area contributed by atoms with Crippen molar-refractivity contribution < 1.29 is 0 Å². The monoisotopic (exact) mass is 787 g/mol. The standard InChI is InChI=1S/C51H22BNS4/c53-23-24-17-31-29-19-33-25-9-1-5-13-39(25)54-48(33)45-43(29)37(21-35-27-11-3-7-15-41(27)56-50(35)45)52-38-22-36-28-12-4-8-16-42(28)57-51(36)46-44(38)30(32(18-24)47(31)52)20-34-26-10-2-6-14-40(26)55-49(34)46/h1-22H. The quantitative estimate of drug-likeness (QED) is 0.140. The van der Waals surface area contributed by atoms with Crippen LogP contribution in [-0.4, -0.2) is 6.71 Å². The van der Waals surface area contributed by atoms with E-state index in [2.05, 4.69) is 140 Å². The summed E-state index contributed by atoms with van der Waals surface area (Å²) in [6, 6.07) is 52.9. The molecular weight excluding hydrogens is 766 g/mol. The molecule has 0 fully saturated rings. The van der Waals surface area contributed by atoms with Gasteiger partial charge in [0.05, 0.1) is 11.6 Å². The minimum Gasteiger partial charge on any atom is -0.192 e. The average molecular weight is 788 g/mol. The van der Waals surface area contributed by atoms with Crippen molar-refractivity contribution in [3.8, 4) is 28.3 Å². The number of rotatable bonds is 0. The molecule has 258 valence electrons. The molecule has 9 aromatic carbocycles. The Bertz CT molecular complexity index is 3850. The SMILES string of the molecule is N#Cc1cc2c3c(c1)-c1cc4c5ccccc5sc4c4c1c(cc1c5ccccc5sc14)B3c1cc3c4ccccc4sc3c3c1c-2cc1c2ccccc2sc13. The van der Waals surface area contributed by atoms with Crippen molar-refractivity contribution in [2.45, 2.75) is 0 Å². The Balaban J connectivity index is 1.24. The van der Waals surface area contributed by atoms with Gasteiger partial charge in [-0.1, -0.05) is 101 Å². The normalized spacial score (nSPS) is 13.2. The van der Waals surface area contributed by atoms with Gasteiger partial charge in [-0.15, -0.1) is 45.3 Å². The number of fused-ring (bicyclic) bond motifs is 20. The number of nitriles is 1. The molecule has 57 heavy (non-hydrogen) atoms. The van der Waals surface area contributed by atoms with E-state index < -0.39 is 0 Å². The van der Waals surface area contributed by atoms with Crippen LogP contribution in [-0.2, 0) is 0 Å². The minimum absolute atomic E-state index is 0.00229. The van der Waals surface area contributed by atoms with Gasteiger partial charge in [0.1, 0.15) is 0 Å². The van der Waals surface area contributed by atoms with Crippen molar-refractivity contribution in [3.63, 3.8) is 0 Å². The summed E-state index contributed by atoms with van der Waals surface area (Å²) in [4.78, 5) is 0. The third-order valence-electron chi connectivity index (χ3n) is 13.0. The van der Waals surface area contributed by atoms with Crippen LogP contribution in [0.1, 0.15) is 5.56 Å². The Morgan fingerprint density at radius 3 is 1.09 bits per heavy atom. The largest absolute Gasteiger partial charge is 0.244 e. The molecule has 0 radical (unpaired) electrons. The van der Waals surface area contributed by atoms with Gasteiger partial charge in [-0.3, -0.25) is 0 Å². The fourth-order valence-corrected chi connectivity index (χ4v) is 15.9. The number of hydrogen-bond donors (Lipinski definition) is 0. The van der Waals surface area contributed by atoms with Gasteiger partial charge in [-0.2, -0.15) is 5.26 Å². The highest BCUT2D eigenvalue weighted by molar-refractivity contribution is 7.30. The number of benzene rings is 9. The summed E-state index contributed by atoms with van der Waals surface area (Å²) in [7, 11) is 0. The summed E-state index contributed by atoms with van der Waals surface area (Å²) in [5, 5.41) is 26.8. The molecule has 6 heterocycles. The zero-order valence-electron chi connectivity index (χ0n) is 29.9. The van der Waals surface area contributed by atoms with Crippen LogP contribution in [0.3, 0.4) is 0 Å². The highest BCUT2D eigenvalue weighted by Gasteiger charge is 2.41. The first-order valence-corrected chi connectivity index (χ1v) is 22.5. The van der Waals surface area contributed by atoms with Crippen LogP contribution < -0.4 is 16.4 Å². The molecule has 0 N–H and O–H groups in total. The van der Waals surface area contributed by atoms with Gasteiger partial charge in [0.2, 0.25) is 6.71 Å². The molecule has 13 aromatic rings. The van der Waals surface area contributed by atoms with Crippen LogP contribution in [0.15, 0.2) is 133 Å². The molecule has 2 aliphatic rings. The van der Waals surface area contributed by atoms with E-state index in [0.717, 1.165) is 0 Å². The van der Waals surface area contributed by atoms with Crippen molar-refractivity contribution in [2.24, 2.45) is 0 Å². The molecule has 1 nitrogen and oxygen atoms in total. The van der Waals surface area contributed by atoms with E-state index in [4.69, 9.17) is 0 Å². The van der Waals surface area contributed by atoms with Gasteiger partial charge in [0.15, 0.2) is 0 Å². The van der Waals surface area contributed by atoms with E-state index >= 15 is 0 Å². The van der Waals surface area contributed by atoms with Crippen LogP contribution in [0, 0.1) is 11.3 Å². The van der Waals surface area contributed by atoms with Crippen molar-refractivity contribution in [2.75, 3.05) is 0 Å². The average Bonchev–Trinajstić information content (AvgIpc) is 4.03. The first-order valence-electron chi connectivity index (χ1n) is 19.2. The Morgan fingerprint density at radius 2 is 0.719 bits per heavy atom. The maximum Gasteiger partial charge on any atom is 0.244 e. The molecule has 0 unspecified atom stereocenters. The van der Waals surface area contributed by atoms with Gasteiger partial charge >= 0.3 is 0 Å². The summed E-state index contributed by atoms with van der Waals surface area (Å²) in [5.41, 5.74) is 9.74. The van der Waals surface area contributed by atoms with Gasteiger partial charge in [0.25, 0.3) is 0 Å². The molecular formula is C51H22BNS4. The number of thiophene rings is 4. The number of nitrogens with zero attached hydrogens (tertiary/aromatic N) is 1. The molecule has 0 spiro atoms. The molecule has 0 amide bonds. The molecule has 6 heteroatoms. The van der Waals surface area contributed by atoms with Crippen LogP contribution in [0.25, 0.3) is 124 Å². The first-order chi connectivity index (χ1) is 28.2. The van der Waals surface area contributed by atoms with Crippen LogP contribution in [0.2, 0.25) is 0 Å². The Morgan fingerprint density at radius 1 is 0.368 bits per heavy atom. The van der Waals surface area contributed by atoms with Crippen LogP contribution in [0.5, 0.6) is 0 Å². The van der Waals surface area contributed by atoms with Gasteiger partial charge in [-0.25, -0.2) is 0 Å². The molecule has 2 aliphatic heterocycles. The van der Waals surface area contributed by atoms with Crippen LogP contribution >= 0.6 is 45.3 Å². The highest BCUT2D eigenvalue weighted by atomic mass is 32.1. The molecule has 0 atom stereocenters. The summed E-state index contributed by atoms with van der Waals surface area (Å²) >= 11 is 7.72. The first kappa shape index (κ1) is 30.1. The van der Waals surface area contributed by atoms with Crippen molar-refractivity contribution in [1.82, 2.24) is 0 Å². The lowest BCUT2D eigenvalue weighted by Gasteiger charge is -2.35. The van der Waals surface area contributed by atoms with E-state index in [-0.39, 0.29) is 6.71 Å². The lowest BCUT2D eigenvalue weighted by atomic mass is 9.31. The molecule has 4 aromatic heterocycles. The third-order valence-corrected chi connectivity index (χ3v) is 17.9. The van der Waals surface area contributed by atoms with Gasteiger partial charge < -0.3 is 0 Å². The summed E-state index contributed by atoms with van der Waals surface area (Å²) in [5.74, 6) is 0. The second-order valence-corrected chi connectivity index (χ2v) is 19.9. The van der Waals surface area contributed by atoms with E-state index in [9.17, 15) is 5.26 Å². The maximum absolute atomic E-state index is 10.8. The Hall–Kier alpha value is -6.07. The topological polar surface area (TPSA) is 23.8 Å². The predicted octanol–water partition coefficient (Wildman–Crippen LogP) is 13.8.